The summed E-state index contributed by atoms with van der Waals surface area (Å²) in [6, 6.07) is 10.1. The largest absolute Gasteiger partial charge is 0.490 e. The highest BCUT2D eigenvalue weighted by Gasteiger charge is 2.32. The zero-order valence-corrected chi connectivity index (χ0v) is 17.9. The predicted octanol–water partition coefficient (Wildman–Crippen LogP) is 5.00. The van der Waals surface area contributed by atoms with Crippen LogP contribution in [-0.2, 0) is 4.79 Å². The van der Waals surface area contributed by atoms with Gasteiger partial charge in [0.1, 0.15) is 30.8 Å². The summed E-state index contributed by atoms with van der Waals surface area (Å²) in [5.74, 6) is 0.873. The number of thioether (sulfide) groups is 1. The molecule has 1 heterocycles. The smallest absolute Gasteiger partial charge is 0.321 e. The van der Waals surface area contributed by atoms with Crippen molar-refractivity contribution in [3.63, 3.8) is 0 Å². The van der Waals surface area contributed by atoms with Crippen molar-refractivity contribution in [1.82, 2.24) is 5.32 Å². The number of carboxylic acid groups (broad SMARTS) is 1. The third-order valence-electron chi connectivity index (χ3n) is 3.83. The summed E-state index contributed by atoms with van der Waals surface area (Å²) in [6.45, 7) is 0.618. The highest BCUT2D eigenvalue weighted by Crippen LogP contribution is 2.39. The zero-order valence-electron chi connectivity index (χ0n) is 14.0. The van der Waals surface area contributed by atoms with E-state index in [9.17, 15) is 9.90 Å². The van der Waals surface area contributed by atoms with Gasteiger partial charge in [-0.3, -0.25) is 10.1 Å². The lowest BCUT2D eigenvalue weighted by molar-refractivity contribution is -0.138. The van der Waals surface area contributed by atoms with E-state index in [2.05, 4.69) is 21.2 Å². The molecular formula is C18H16BrCl2NO4S. The summed E-state index contributed by atoms with van der Waals surface area (Å²) in [7, 11) is 0. The number of carboxylic acids is 1. The van der Waals surface area contributed by atoms with Gasteiger partial charge in [-0.2, -0.15) is 0 Å². The van der Waals surface area contributed by atoms with E-state index in [0.717, 1.165) is 10.0 Å². The van der Waals surface area contributed by atoms with Crippen LogP contribution in [-0.4, -0.2) is 36.1 Å². The Kier molecular flexibility index (Phi) is 7.16. The van der Waals surface area contributed by atoms with Crippen LogP contribution < -0.4 is 14.8 Å². The van der Waals surface area contributed by atoms with E-state index in [1.807, 2.05) is 18.2 Å². The predicted molar refractivity (Wildman–Crippen MR) is 111 cm³/mol. The molecule has 27 heavy (non-hydrogen) atoms. The van der Waals surface area contributed by atoms with E-state index in [-0.39, 0.29) is 5.37 Å². The number of halogens is 3. The summed E-state index contributed by atoms with van der Waals surface area (Å²) in [6.07, 6.45) is 0. The maximum atomic E-state index is 11.2. The van der Waals surface area contributed by atoms with E-state index in [0.29, 0.717) is 40.5 Å². The summed E-state index contributed by atoms with van der Waals surface area (Å²) >= 11 is 16.9. The first-order valence-corrected chi connectivity index (χ1v) is 10.6. The Labute approximate surface area is 179 Å². The van der Waals surface area contributed by atoms with E-state index in [4.69, 9.17) is 32.7 Å². The highest BCUT2D eigenvalue weighted by atomic mass is 79.9. The Hall–Kier alpha value is -1.12. The van der Waals surface area contributed by atoms with E-state index >= 15 is 0 Å². The van der Waals surface area contributed by atoms with E-state index in [1.54, 1.807) is 30.0 Å². The molecular weight excluding hydrogens is 477 g/mol. The van der Waals surface area contributed by atoms with Gasteiger partial charge in [-0.25, -0.2) is 0 Å². The fraction of sp³-hybridized carbons (Fsp3) is 0.278. The zero-order chi connectivity index (χ0) is 19.4. The minimum atomic E-state index is -0.851. The number of hydrogen-bond donors (Lipinski definition) is 2. The lowest BCUT2D eigenvalue weighted by Gasteiger charge is -2.17. The summed E-state index contributed by atoms with van der Waals surface area (Å²) in [5, 5.41) is 13.1. The van der Waals surface area contributed by atoms with Gasteiger partial charge in [0.15, 0.2) is 0 Å². The third-order valence-corrected chi connectivity index (χ3v) is 6.10. The molecule has 144 valence electrons. The minimum Gasteiger partial charge on any atom is -0.490 e. The summed E-state index contributed by atoms with van der Waals surface area (Å²) < 4.78 is 12.4. The van der Waals surface area contributed by atoms with Crippen LogP contribution in [0.5, 0.6) is 11.5 Å². The Morgan fingerprint density at radius 1 is 1.19 bits per heavy atom. The number of benzene rings is 2. The van der Waals surface area contributed by atoms with Crippen molar-refractivity contribution < 1.29 is 19.4 Å². The van der Waals surface area contributed by atoms with Gasteiger partial charge in [0.25, 0.3) is 0 Å². The summed E-state index contributed by atoms with van der Waals surface area (Å²) in [5.41, 5.74) is 0.891. The SMILES string of the molecule is O=C(O)C1CSC(c2cc(Br)ccc2OCCOc2ccc(Cl)cc2Cl)N1. The maximum absolute atomic E-state index is 11.2. The molecule has 2 aromatic rings. The number of rotatable bonds is 7. The van der Waals surface area contributed by atoms with Crippen LogP contribution in [0.3, 0.4) is 0 Å². The van der Waals surface area contributed by atoms with Crippen LogP contribution in [0.1, 0.15) is 10.9 Å². The second-order valence-electron chi connectivity index (χ2n) is 5.72. The van der Waals surface area contributed by atoms with Gasteiger partial charge < -0.3 is 14.6 Å². The molecule has 0 amide bonds. The molecule has 1 aliphatic heterocycles. The normalized spacial score (nSPS) is 19.1. The van der Waals surface area contributed by atoms with Crippen molar-refractivity contribution in [2.75, 3.05) is 19.0 Å². The molecule has 3 rings (SSSR count). The first-order chi connectivity index (χ1) is 12.9. The van der Waals surface area contributed by atoms with Crippen molar-refractivity contribution >= 4 is 56.9 Å². The topological polar surface area (TPSA) is 67.8 Å². The number of aliphatic carboxylic acids is 1. The van der Waals surface area contributed by atoms with Gasteiger partial charge in [-0.05, 0) is 36.4 Å². The quantitative estimate of drug-likeness (QED) is 0.530. The van der Waals surface area contributed by atoms with Gasteiger partial charge in [0, 0.05) is 20.8 Å². The fourth-order valence-corrected chi connectivity index (χ4v) is 4.63. The molecule has 0 saturated carbocycles. The molecule has 5 nitrogen and oxygen atoms in total. The Morgan fingerprint density at radius 3 is 2.56 bits per heavy atom. The molecule has 2 N–H and O–H groups in total. The molecule has 1 aliphatic rings. The molecule has 2 unspecified atom stereocenters. The molecule has 1 saturated heterocycles. The average Bonchev–Trinajstić information content (AvgIpc) is 3.11. The van der Waals surface area contributed by atoms with Crippen molar-refractivity contribution in [3.8, 4) is 11.5 Å². The lowest BCUT2D eigenvalue weighted by atomic mass is 10.2. The molecule has 9 heteroatoms. The first-order valence-electron chi connectivity index (χ1n) is 8.04. The molecule has 0 aliphatic carbocycles. The van der Waals surface area contributed by atoms with Crippen molar-refractivity contribution in [2.24, 2.45) is 0 Å². The number of hydrogen-bond acceptors (Lipinski definition) is 5. The van der Waals surface area contributed by atoms with Crippen LogP contribution in [0, 0.1) is 0 Å². The van der Waals surface area contributed by atoms with Gasteiger partial charge >= 0.3 is 5.97 Å². The fourth-order valence-electron chi connectivity index (χ4n) is 2.54. The molecule has 0 bridgehead atoms. The second-order valence-corrected chi connectivity index (χ2v) is 8.62. The summed E-state index contributed by atoms with van der Waals surface area (Å²) in [4.78, 5) is 11.2. The van der Waals surface area contributed by atoms with Gasteiger partial charge in [-0.1, -0.05) is 39.1 Å². The molecule has 0 spiro atoms. The van der Waals surface area contributed by atoms with Crippen LogP contribution in [0.25, 0.3) is 0 Å². The lowest BCUT2D eigenvalue weighted by Crippen LogP contribution is -2.33. The van der Waals surface area contributed by atoms with Crippen molar-refractivity contribution in [1.29, 1.82) is 0 Å². The van der Waals surface area contributed by atoms with E-state index < -0.39 is 12.0 Å². The molecule has 2 atom stereocenters. The van der Waals surface area contributed by atoms with Crippen LogP contribution >= 0.6 is 50.9 Å². The second kappa shape index (κ2) is 9.39. The molecule has 1 fully saturated rings. The Bertz CT molecular complexity index is 839. The van der Waals surface area contributed by atoms with Crippen LogP contribution in [0.15, 0.2) is 40.9 Å². The highest BCUT2D eigenvalue weighted by molar-refractivity contribution is 9.10. The molecule has 0 radical (unpaired) electrons. The van der Waals surface area contributed by atoms with Crippen LogP contribution in [0.2, 0.25) is 10.0 Å². The van der Waals surface area contributed by atoms with Gasteiger partial charge in [-0.15, -0.1) is 11.8 Å². The molecule has 2 aromatic carbocycles. The standard InChI is InChI=1S/C18H16BrCl2NO4S/c19-10-1-3-15(12(7-10)17-22-14(9-27-17)18(23)24)25-5-6-26-16-4-2-11(20)8-13(16)21/h1-4,7-8,14,17,22H,5-6,9H2,(H,23,24). The third kappa shape index (κ3) is 5.45. The van der Waals surface area contributed by atoms with E-state index in [1.165, 1.54) is 0 Å². The maximum Gasteiger partial charge on any atom is 0.321 e. The van der Waals surface area contributed by atoms with Crippen molar-refractivity contribution in [2.45, 2.75) is 11.4 Å². The Morgan fingerprint density at radius 2 is 1.89 bits per heavy atom. The monoisotopic (exact) mass is 491 g/mol. The minimum absolute atomic E-state index is 0.148. The number of nitrogens with one attached hydrogen (secondary N) is 1. The Balaban J connectivity index is 1.61. The van der Waals surface area contributed by atoms with Gasteiger partial charge in [0.2, 0.25) is 0 Å². The number of ether oxygens (including phenoxy) is 2. The van der Waals surface area contributed by atoms with Crippen molar-refractivity contribution in [3.05, 3.63) is 56.5 Å². The first kappa shape index (κ1) is 20.6. The average molecular weight is 493 g/mol. The van der Waals surface area contributed by atoms with Crippen LogP contribution in [0.4, 0.5) is 0 Å². The van der Waals surface area contributed by atoms with Gasteiger partial charge in [0.05, 0.1) is 10.4 Å². The number of carbonyl (C=O) groups is 1. The molecule has 0 aromatic heterocycles.